The second-order valence-corrected chi connectivity index (χ2v) is 10.8. The maximum absolute atomic E-state index is 13.5. The highest BCUT2D eigenvalue weighted by atomic mass is 35.5. The van der Waals surface area contributed by atoms with Crippen molar-refractivity contribution in [3.05, 3.63) is 59.1 Å². The largest absolute Gasteiger partial charge is 0.497 e. The van der Waals surface area contributed by atoms with Gasteiger partial charge in [-0.1, -0.05) is 37.6 Å². The van der Waals surface area contributed by atoms with E-state index in [1.54, 1.807) is 25.3 Å². The van der Waals surface area contributed by atoms with Crippen LogP contribution in [0.2, 0.25) is 5.02 Å². The summed E-state index contributed by atoms with van der Waals surface area (Å²) in [6, 6.07) is 12.1. The van der Waals surface area contributed by atoms with Gasteiger partial charge in [-0.05, 0) is 61.7 Å². The van der Waals surface area contributed by atoms with Gasteiger partial charge < -0.3 is 15.0 Å². The van der Waals surface area contributed by atoms with Crippen molar-refractivity contribution in [2.75, 3.05) is 20.7 Å². The number of carbonyl (C=O) groups excluding carboxylic acids is 2. The van der Waals surface area contributed by atoms with Gasteiger partial charge in [0, 0.05) is 24.7 Å². The quantitative estimate of drug-likeness (QED) is 0.457. The number of amides is 2. The van der Waals surface area contributed by atoms with Crippen LogP contribution in [0.5, 0.6) is 5.75 Å². The third kappa shape index (κ3) is 7.68. The Bertz CT molecular complexity index is 1110. The molecular formula is C25H34ClN3O5S. The molecule has 2 amide bonds. The van der Waals surface area contributed by atoms with E-state index in [1.807, 2.05) is 26.8 Å². The van der Waals surface area contributed by atoms with Crippen LogP contribution in [0.25, 0.3) is 0 Å². The maximum Gasteiger partial charge on any atom is 0.243 e. The Morgan fingerprint density at radius 3 is 2.31 bits per heavy atom. The predicted octanol–water partition coefficient (Wildman–Crippen LogP) is 3.69. The summed E-state index contributed by atoms with van der Waals surface area (Å²) in [5.41, 5.74) is 0.760. The van der Waals surface area contributed by atoms with Gasteiger partial charge in [-0.2, -0.15) is 4.31 Å². The molecule has 0 aliphatic carbocycles. The molecule has 0 spiro atoms. The zero-order chi connectivity index (χ0) is 26.2. The minimum absolute atomic E-state index is 0.0260. The molecule has 2 aromatic carbocycles. The molecule has 0 saturated heterocycles. The van der Waals surface area contributed by atoms with Gasteiger partial charge in [-0.25, -0.2) is 8.42 Å². The molecule has 0 aromatic heterocycles. The van der Waals surface area contributed by atoms with Crippen molar-refractivity contribution in [1.82, 2.24) is 14.5 Å². The summed E-state index contributed by atoms with van der Waals surface area (Å²) in [5.74, 6) is -0.144. The fourth-order valence-corrected chi connectivity index (χ4v) is 4.73. The third-order valence-corrected chi connectivity index (χ3v) is 7.82. The van der Waals surface area contributed by atoms with E-state index in [1.165, 1.54) is 36.2 Å². The first-order valence-electron chi connectivity index (χ1n) is 11.5. The van der Waals surface area contributed by atoms with Crippen LogP contribution in [-0.2, 0) is 26.2 Å². The number of nitrogens with one attached hydrogen (secondary N) is 1. The van der Waals surface area contributed by atoms with E-state index < -0.39 is 28.5 Å². The van der Waals surface area contributed by atoms with Crippen LogP contribution in [0.1, 0.15) is 39.2 Å². The van der Waals surface area contributed by atoms with Gasteiger partial charge in [0.05, 0.1) is 18.6 Å². The first-order chi connectivity index (χ1) is 16.5. The molecule has 0 bridgehead atoms. The lowest BCUT2D eigenvalue weighted by molar-refractivity contribution is -0.141. The Hall–Kier alpha value is -2.62. The normalized spacial score (nSPS) is 13.2. The minimum atomic E-state index is -3.94. The standard InChI is InChI=1S/C25H34ClN3O5S/c1-6-18(3)27-25(31)23(7-2)29(16-19-9-8-10-21(15-19)34-5)24(30)17-28(4)35(32,33)22-13-11-20(26)12-14-22/h8-15,18,23H,6-7,16-17H2,1-5H3,(H,27,31)/t18-,23+/m0/s1. The molecule has 2 aromatic rings. The summed E-state index contributed by atoms with van der Waals surface area (Å²) in [5, 5.41) is 3.34. The summed E-state index contributed by atoms with van der Waals surface area (Å²) in [6.07, 6.45) is 1.11. The Morgan fingerprint density at radius 2 is 1.74 bits per heavy atom. The Morgan fingerprint density at radius 1 is 1.09 bits per heavy atom. The van der Waals surface area contributed by atoms with Gasteiger partial charge in [0.15, 0.2) is 0 Å². The molecule has 2 atom stereocenters. The average Bonchev–Trinajstić information content (AvgIpc) is 2.84. The molecular weight excluding hydrogens is 490 g/mol. The second-order valence-electron chi connectivity index (χ2n) is 8.33. The number of methoxy groups -OCH3 is 1. The van der Waals surface area contributed by atoms with Crippen LogP contribution in [0.3, 0.4) is 0 Å². The fourth-order valence-electron chi connectivity index (χ4n) is 3.48. The van der Waals surface area contributed by atoms with Crippen molar-refractivity contribution in [1.29, 1.82) is 0 Å². The van der Waals surface area contributed by atoms with Crippen molar-refractivity contribution >= 4 is 33.4 Å². The van der Waals surface area contributed by atoms with Gasteiger partial charge in [0.25, 0.3) is 0 Å². The molecule has 0 aliphatic heterocycles. The molecule has 0 heterocycles. The van der Waals surface area contributed by atoms with E-state index >= 15 is 0 Å². The van der Waals surface area contributed by atoms with Gasteiger partial charge in [0.1, 0.15) is 11.8 Å². The highest BCUT2D eigenvalue weighted by Gasteiger charge is 2.32. The number of rotatable bonds is 12. The SMILES string of the molecule is CC[C@H](C(=O)N[C@@H](C)CC)N(Cc1cccc(OC)c1)C(=O)CN(C)S(=O)(=O)c1ccc(Cl)cc1. The summed E-state index contributed by atoms with van der Waals surface area (Å²) in [6.45, 7) is 5.37. The number of hydrogen-bond donors (Lipinski definition) is 1. The second kappa shape index (κ2) is 12.9. The summed E-state index contributed by atoms with van der Waals surface area (Å²) in [4.78, 5) is 28.0. The molecule has 0 aliphatic rings. The monoisotopic (exact) mass is 523 g/mol. The number of carbonyl (C=O) groups is 2. The fraction of sp³-hybridized carbons (Fsp3) is 0.440. The zero-order valence-electron chi connectivity index (χ0n) is 20.8. The molecule has 0 unspecified atom stereocenters. The van der Waals surface area contributed by atoms with Gasteiger partial charge in [0.2, 0.25) is 21.8 Å². The molecule has 0 fully saturated rings. The van der Waals surface area contributed by atoms with Crippen LogP contribution in [0.15, 0.2) is 53.4 Å². The van der Waals surface area contributed by atoms with E-state index in [9.17, 15) is 18.0 Å². The van der Waals surface area contributed by atoms with Crippen LogP contribution in [-0.4, -0.2) is 62.2 Å². The van der Waals surface area contributed by atoms with E-state index in [0.717, 1.165) is 16.3 Å². The number of hydrogen-bond acceptors (Lipinski definition) is 5. The number of halogens is 1. The Balaban J connectivity index is 2.35. The molecule has 1 N–H and O–H groups in total. The van der Waals surface area contributed by atoms with E-state index in [4.69, 9.17) is 16.3 Å². The summed E-state index contributed by atoms with van der Waals surface area (Å²) >= 11 is 5.88. The minimum Gasteiger partial charge on any atom is -0.497 e. The molecule has 192 valence electrons. The first kappa shape index (κ1) is 28.6. The topological polar surface area (TPSA) is 96.0 Å². The van der Waals surface area contributed by atoms with Crippen LogP contribution >= 0.6 is 11.6 Å². The van der Waals surface area contributed by atoms with Gasteiger partial charge in [-0.3, -0.25) is 9.59 Å². The van der Waals surface area contributed by atoms with Crippen molar-refractivity contribution in [3.8, 4) is 5.75 Å². The van der Waals surface area contributed by atoms with Crippen molar-refractivity contribution in [2.45, 2.75) is 57.1 Å². The lowest BCUT2D eigenvalue weighted by Gasteiger charge is -2.32. The van der Waals surface area contributed by atoms with E-state index in [-0.39, 0.29) is 23.4 Å². The van der Waals surface area contributed by atoms with Crippen molar-refractivity contribution in [3.63, 3.8) is 0 Å². The lowest BCUT2D eigenvalue weighted by atomic mass is 10.1. The third-order valence-electron chi connectivity index (χ3n) is 5.75. The predicted molar refractivity (Wildman–Crippen MR) is 137 cm³/mol. The lowest BCUT2D eigenvalue weighted by Crippen LogP contribution is -2.53. The number of benzene rings is 2. The molecule has 0 saturated carbocycles. The van der Waals surface area contributed by atoms with Gasteiger partial charge in [-0.15, -0.1) is 0 Å². The van der Waals surface area contributed by atoms with E-state index in [0.29, 0.717) is 17.2 Å². The molecule has 8 nitrogen and oxygen atoms in total. The number of likely N-dealkylation sites (N-methyl/N-ethyl adjacent to an activating group) is 1. The molecule has 0 radical (unpaired) electrons. The summed E-state index contributed by atoms with van der Waals surface area (Å²) < 4.78 is 32.3. The van der Waals surface area contributed by atoms with Crippen LogP contribution in [0, 0.1) is 0 Å². The van der Waals surface area contributed by atoms with Crippen LogP contribution in [0.4, 0.5) is 0 Å². The summed E-state index contributed by atoms with van der Waals surface area (Å²) in [7, 11) is -1.05. The Kier molecular flexibility index (Phi) is 10.5. The highest BCUT2D eigenvalue weighted by molar-refractivity contribution is 7.89. The number of nitrogens with zero attached hydrogens (tertiary/aromatic N) is 2. The smallest absolute Gasteiger partial charge is 0.243 e. The molecule has 35 heavy (non-hydrogen) atoms. The maximum atomic E-state index is 13.5. The molecule has 2 rings (SSSR count). The number of ether oxygens (including phenoxy) is 1. The number of sulfonamides is 1. The van der Waals surface area contributed by atoms with Gasteiger partial charge >= 0.3 is 0 Å². The zero-order valence-corrected chi connectivity index (χ0v) is 22.4. The average molecular weight is 524 g/mol. The van der Waals surface area contributed by atoms with Crippen LogP contribution < -0.4 is 10.1 Å². The van der Waals surface area contributed by atoms with Crippen molar-refractivity contribution in [2.24, 2.45) is 0 Å². The highest BCUT2D eigenvalue weighted by Crippen LogP contribution is 2.20. The molecule has 10 heteroatoms. The van der Waals surface area contributed by atoms with E-state index in [2.05, 4.69) is 5.32 Å². The first-order valence-corrected chi connectivity index (χ1v) is 13.3. The van der Waals surface area contributed by atoms with Crippen molar-refractivity contribution < 1.29 is 22.7 Å². The Labute approximate surface area is 213 Å².